The summed E-state index contributed by atoms with van der Waals surface area (Å²) >= 11 is 0. The van der Waals surface area contributed by atoms with E-state index in [4.69, 9.17) is 5.73 Å². The zero-order valence-electron chi connectivity index (χ0n) is 5.82. The summed E-state index contributed by atoms with van der Waals surface area (Å²) in [4.78, 5) is 11.1. The standard InChI is InChI=1S/C6H8N4O/c7-4-1-5-6(11)8-3-9-10(5)2-4/h1,3,5H,2,7H2,(H,8,9,11)/t5-/m1/s1. The maximum Gasteiger partial charge on any atom is 0.253 e. The van der Waals surface area contributed by atoms with Crippen molar-refractivity contribution in [3.8, 4) is 0 Å². The molecule has 1 atom stereocenters. The highest BCUT2D eigenvalue weighted by Gasteiger charge is 2.30. The number of fused-ring (bicyclic) bond motifs is 1. The molecule has 2 rings (SSSR count). The molecule has 2 aliphatic heterocycles. The van der Waals surface area contributed by atoms with E-state index in [1.807, 2.05) is 0 Å². The van der Waals surface area contributed by atoms with Crippen LogP contribution in [0, 0.1) is 0 Å². The molecule has 0 fully saturated rings. The first-order valence-electron chi connectivity index (χ1n) is 3.33. The summed E-state index contributed by atoms with van der Waals surface area (Å²) in [7, 11) is 0. The SMILES string of the molecule is NC1=C[C@@H]2C(=O)NC=NN2C1. The Balaban J connectivity index is 2.28. The summed E-state index contributed by atoms with van der Waals surface area (Å²) in [6, 6.07) is -0.292. The van der Waals surface area contributed by atoms with Gasteiger partial charge in [-0.05, 0) is 6.08 Å². The number of carbonyl (C=O) groups excluding carboxylic acids is 1. The molecule has 0 radical (unpaired) electrons. The van der Waals surface area contributed by atoms with Gasteiger partial charge in [0.15, 0.2) is 0 Å². The second-order valence-electron chi connectivity index (χ2n) is 2.54. The second kappa shape index (κ2) is 1.98. The van der Waals surface area contributed by atoms with Crippen molar-refractivity contribution in [2.75, 3.05) is 6.54 Å². The zero-order chi connectivity index (χ0) is 7.84. The van der Waals surface area contributed by atoms with Gasteiger partial charge in [0.25, 0.3) is 5.91 Å². The Morgan fingerprint density at radius 1 is 1.82 bits per heavy atom. The van der Waals surface area contributed by atoms with Gasteiger partial charge < -0.3 is 11.1 Å². The van der Waals surface area contributed by atoms with Gasteiger partial charge in [0.1, 0.15) is 12.4 Å². The third-order valence-corrected chi connectivity index (χ3v) is 1.72. The fraction of sp³-hybridized carbons (Fsp3) is 0.333. The van der Waals surface area contributed by atoms with Crippen LogP contribution in [0.2, 0.25) is 0 Å². The lowest BCUT2D eigenvalue weighted by Crippen LogP contribution is -2.45. The topological polar surface area (TPSA) is 70.7 Å². The van der Waals surface area contributed by atoms with Crippen LogP contribution in [0.1, 0.15) is 0 Å². The lowest BCUT2D eigenvalue weighted by atomic mass is 10.3. The maximum absolute atomic E-state index is 11.1. The normalized spacial score (nSPS) is 28.0. The summed E-state index contributed by atoms with van der Waals surface area (Å²) in [5, 5.41) is 8.09. The Kier molecular flexibility index (Phi) is 1.12. The summed E-state index contributed by atoms with van der Waals surface area (Å²) in [6.07, 6.45) is 3.09. The first kappa shape index (κ1) is 6.21. The minimum absolute atomic E-state index is 0.0690. The number of nitrogens with two attached hydrogens (primary N) is 1. The molecule has 5 heteroatoms. The molecule has 0 aromatic carbocycles. The van der Waals surface area contributed by atoms with Gasteiger partial charge >= 0.3 is 0 Å². The van der Waals surface area contributed by atoms with Crippen molar-refractivity contribution < 1.29 is 4.79 Å². The van der Waals surface area contributed by atoms with E-state index < -0.39 is 0 Å². The van der Waals surface area contributed by atoms with Crippen LogP contribution in [0.4, 0.5) is 0 Å². The maximum atomic E-state index is 11.1. The van der Waals surface area contributed by atoms with Crippen molar-refractivity contribution in [1.29, 1.82) is 0 Å². The lowest BCUT2D eigenvalue weighted by molar-refractivity contribution is -0.123. The fourth-order valence-corrected chi connectivity index (χ4v) is 1.20. The molecule has 58 valence electrons. The number of nitrogens with one attached hydrogen (secondary N) is 1. The van der Waals surface area contributed by atoms with E-state index in [2.05, 4.69) is 10.4 Å². The van der Waals surface area contributed by atoms with Gasteiger partial charge in [-0.3, -0.25) is 9.80 Å². The molecule has 0 unspecified atom stereocenters. The Labute approximate surface area is 63.5 Å². The molecular formula is C6H8N4O. The third-order valence-electron chi connectivity index (χ3n) is 1.72. The predicted octanol–water partition coefficient (Wildman–Crippen LogP) is -1.41. The Bertz CT molecular complexity index is 257. The van der Waals surface area contributed by atoms with Crippen molar-refractivity contribution >= 4 is 12.2 Å². The fourth-order valence-electron chi connectivity index (χ4n) is 1.20. The summed E-state index contributed by atoms with van der Waals surface area (Å²) in [5.74, 6) is -0.0690. The highest BCUT2D eigenvalue weighted by atomic mass is 16.2. The number of amides is 1. The molecule has 2 heterocycles. The number of hydrogen-bond donors (Lipinski definition) is 2. The summed E-state index contributed by atoms with van der Waals surface area (Å²) in [5.41, 5.74) is 6.22. The molecule has 0 saturated heterocycles. The number of nitrogens with zero attached hydrogens (tertiary/aromatic N) is 2. The molecule has 11 heavy (non-hydrogen) atoms. The van der Waals surface area contributed by atoms with Gasteiger partial charge in [-0.25, -0.2) is 0 Å². The van der Waals surface area contributed by atoms with Crippen LogP contribution in [0.5, 0.6) is 0 Å². The third kappa shape index (κ3) is 0.849. The second-order valence-corrected chi connectivity index (χ2v) is 2.54. The van der Waals surface area contributed by atoms with Crippen molar-refractivity contribution in [3.63, 3.8) is 0 Å². The average molecular weight is 152 g/mol. The number of hydrazone groups is 1. The molecule has 1 amide bonds. The van der Waals surface area contributed by atoms with Crippen LogP contribution < -0.4 is 11.1 Å². The van der Waals surface area contributed by atoms with E-state index in [-0.39, 0.29) is 11.9 Å². The highest BCUT2D eigenvalue weighted by Crippen LogP contribution is 2.14. The molecule has 0 spiro atoms. The van der Waals surface area contributed by atoms with Gasteiger partial charge in [0.05, 0.1) is 6.54 Å². The minimum atomic E-state index is -0.292. The van der Waals surface area contributed by atoms with Crippen LogP contribution in [-0.2, 0) is 4.79 Å². The number of rotatable bonds is 0. The van der Waals surface area contributed by atoms with Gasteiger partial charge in [-0.2, -0.15) is 5.10 Å². The van der Waals surface area contributed by atoms with Crippen molar-refractivity contribution in [3.05, 3.63) is 11.8 Å². The first-order chi connectivity index (χ1) is 5.27. The Morgan fingerprint density at radius 2 is 2.64 bits per heavy atom. The summed E-state index contributed by atoms with van der Waals surface area (Å²) < 4.78 is 0. The average Bonchev–Trinajstić information content (AvgIpc) is 2.31. The van der Waals surface area contributed by atoms with Crippen molar-refractivity contribution in [1.82, 2.24) is 10.3 Å². The molecule has 0 aromatic heterocycles. The molecule has 0 bridgehead atoms. The molecule has 3 N–H and O–H groups in total. The number of carbonyl (C=O) groups is 1. The largest absolute Gasteiger partial charge is 0.401 e. The Hall–Kier alpha value is -1.52. The number of hydrogen-bond acceptors (Lipinski definition) is 4. The summed E-state index contributed by atoms with van der Waals surface area (Å²) in [6.45, 7) is 0.550. The van der Waals surface area contributed by atoms with Crippen LogP contribution in [0.25, 0.3) is 0 Å². The van der Waals surface area contributed by atoms with E-state index in [9.17, 15) is 4.79 Å². The van der Waals surface area contributed by atoms with Gasteiger partial charge in [-0.1, -0.05) is 0 Å². The monoisotopic (exact) mass is 152 g/mol. The van der Waals surface area contributed by atoms with E-state index in [1.54, 1.807) is 11.1 Å². The smallest absolute Gasteiger partial charge is 0.253 e. The molecular weight excluding hydrogens is 144 g/mol. The molecule has 0 saturated carbocycles. The van der Waals surface area contributed by atoms with E-state index in [1.165, 1.54) is 6.34 Å². The van der Waals surface area contributed by atoms with E-state index in [0.29, 0.717) is 12.2 Å². The van der Waals surface area contributed by atoms with Crippen LogP contribution >= 0.6 is 0 Å². The molecule has 5 nitrogen and oxygen atoms in total. The van der Waals surface area contributed by atoms with Crippen LogP contribution in [-0.4, -0.2) is 29.8 Å². The highest BCUT2D eigenvalue weighted by molar-refractivity contribution is 5.94. The molecule has 0 aliphatic carbocycles. The molecule has 2 aliphatic rings. The van der Waals surface area contributed by atoms with Crippen LogP contribution in [0.15, 0.2) is 16.9 Å². The van der Waals surface area contributed by atoms with Gasteiger partial charge in [0, 0.05) is 5.70 Å². The molecule has 0 aromatic rings. The first-order valence-corrected chi connectivity index (χ1v) is 3.33. The van der Waals surface area contributed by atoms with Crippen molar-refractivity contribution in [2.45, 2.75) is 6.04 Å². The van der Waals surface area contributed by atoms with E-state index >= 15 is 0 Å². The Morgan fingerprint density at radius 3 is 3.36 bits per heavy atom. The van der Waals surface area contributed by atoms with Gasteiger partial charge in [-0.15, -0.1) is 0 Å². The lowest BCUT2D eigenvalue weighted by Gasteiger charge is -2.22. The predicted molar refractivity (Wildman–Crippen MR) is 39.4 cm³/mol. The minimum Gasteiger partial charge on any atom is -0.401 e. The van der Waals surface area contributed by atoms with Crippen LogP contribution in [0.3, 0.4) is 0 Å². The quantitative estimate of drug-likeness (QED) is 0.448. The van der Waals surface area contributed by atoms with Gasteiger partial charge in [0.2, 0.25) is 0 Å². The van der Waals surface area contributed by atoms with Crippen molar-refractivity contribution in [2.24, 2.45) is 10.8 Å². The van der Waals surface area contributed by atoms with E-state index in [0.717, 1.165) is 0 Å². The zero-order valence-corrected chi connectivity index (χ0v) is 5.82.